The Hall–Kier alpha value is -2.82. The SMILES string of the molecule is NC(=O)c1ccc(NC(=O)C=Cc2ccco2)cc1. The van der Waals surface area contributed by atoms with Crippen LogP contribution in [-0.2, 0) is 4.79 Å². The molecule has 0 spiro atoms. The first kappa shape index (κ1) is 12.6. The highest BCUT2D eigenvalue weighted by atomic mass is 16.3. The monoisotopic (exact) mass is 256 g/mol. The number of hydrogen-bond acceptors (Lipinski definition) is 3. The lowest BCUT2D eigenvalue weighted by Gasteiger charge is -2.02. The first-order valence-electron chi connectivity index (χ1n) is 5.57. The molecule has 0 aliphatic carbocycles. The zero-order chi connectivity index (χ0) is 13.7. The van der Waals surface area contributed by atoms with Crippen molar-refractivity contribution in [3.8, 4) is 0 Å². The van der Waals surface area contributed by atoms with Gasteiger partial charge in [0.05, 0.1) is 6.26 Å². The molecule has 5 heteroatoms. The third-order valence-corrected chi connectivity index (χ3v) is 2.38. The molecule has 19 heavy (non-hydrogen) atoms. The minimum Gasteiger partial charge on any atom is -0.465 e. The van der Waals surface area contributed by atoms with Crippen LogP contribution < -0.4 is 11.1 Å². The fraction of sp³-hybridized carbons (Fsp3) is 0. The summed E-state index contributed by atoms with van der Waals surface area (Å²) in [5, 5.41) is 2.65. The summed E-state index contributed by atoms with van der Waals surface area (Å²) < 4.78 is 5.06. The molecule has 1 aromatic carbocycles. The van der Waals surface area contributed by atoms with Crippen LogP contribution in [0.3, 0.4) is 0 Å². The van der Waals surface area contributed by atoms with Crippen molar-refractivity contribution in [3.63, 3.8) is 0 Å². The molecule has 2 amide bonds. The average molecular weight is 256 g/mol. The lowest BCUT2D eigenvalue weighted by Crippen LogP contribution is -2.11. The Morgan fingerprint density at radius 1 is 1.16 bits per heavy atom. The Morgan fingerprint density at radius 2 is 1.89 bits per heavy atom. The van der Waals surface area contributed by atoms with Gasteiger partial charge in [0.1, 0.15) is 5.76 Å². The molecule has 0 radical (unpaired) electrons. The van der Waals surface area contributed by atoms with Gasteiger partial charge in [-0.3, -0.25) is 9.59 Å². The predicted molar refractivity (Wildman–Crippen MR) is 71.3 cm³/mol. The molecular formula is C14H12N2O3. The van der Waals surface area contributed by atoms with E-state index in [-0.39, 0.29) is 5.91 Å². The Labute approximate surface area is 109 Å². The van der Waals surface area contributed by atoms with Gasteiger partial charge in [0, 0.05) is 17.3 Å². The molecule has 1 aromatic heterocycles. The van der Waals surface area contributed by atoms with Crippen LogP contribution in [0.25, 0.3) is 6.08 Å². The number of furan rings is 1. The maximum absolute atomic E-state index is 11.6. The molecule has 0 atom stereocenters. The number of anilines is 1. The number of hydrogen-bond donors (Lipinski definition) is 2. The van der Waals surface area contributed by atoms with Gasteiger partial charge < -0.3 is 15.5 Å². The van der Waals surface area contributed by atoms with Crippen molar-refractivity contribution in [2.45, 2.75) is 0 Å². The van der Waals surface area contributed by atoms with E-state index in [0.717, 1.165) is 0 Å². The van der Waals surface area contributed by atoms with Gasteiger partial charge in [0.25, 0.3) is 0 Å². The van der Waals surface area contributed by atoms with Crippen molar-refractivity contribution in [2.24, 2.45) is 5.73 Å². The van der Waals surface area contributed by atoms with E-state index in [4.69, 9.17) is 10.2 Å². The van der Waals surface area contributed by atoms with E-state index in [1.54, 1.807) is 42.5 Å². The number of rotatable bonds is 4. The molecule has 2 aromatic rings. The zero-order valence-corrected chi connectivity index (χ0v) is 10.00. The molecule has 1 heterocycles. The molecule has 5 nitrogen and oxygen atoms in total. The Balaban J connectivity index is 1.97. The number of carbonyl (C=O) groups is 2. The van der Waals surface area contributed by atoms with E-state index in [2.05, 4.69) is 5.32 Å². The highest BCUT2D eigenvalue weighted by molar-refractivity contribution is 6.02. The molecule has 96 valence electrons. The summed E-state index contributed by atoms with van der Waals surface area (Å²) in [6.07, 6.45) is 4.45. The number of carbonyl (C=O) groups excluding carboxylic acids is 2. The highest BCUT2D eigenvalue weighted by Gasteiger charge is 2.01. The Kier molecular flexibility index (Phi) is 3.78. The van der Waals surface area contributed by atoms with Crippen LogP contribution in [0.15, 0.2) is 53.2 Å². The standard InChI is InChI=1S/C14H12N2O3/c15-14(18)10-3-5-11(6-4-10)16-13(17)8-7-12-2-1-9-19-12/h1-9H,(H2,15,18)(H,16,17). The molecule has 0 fully saturated rings. The average Bonchev–Trinajstić information content (AvgIpc) is 2.90. The van der Waals surface area contributed by atoms with Gasteiger partial charge in [-0.1, -0.05) is 0 Å². The summed E-state index contributed by atoms with van der Waals surface area (Å²) >= 11 is 0. The van der Waals surface area contributed by atoms with Crippen molar-refractivity contribution < 1.29 is 14.0 Å². The van der Waals surface area contributed by atoms with Crippen LogP contribution in [0.2, 0.25) is 0 Å². The van der Waals surface area contributed by atoms with Crippen LogP contribution in [0.1, 0.15) is 16.1 Å². The van der Waals surface area contributed by atoms with Gasteiger partial charge in [0.2, 0.25) is 11.8 Å². The predicted octanol–water partition coefficient (Wildman–Crippen LogP) is 2.03. The van der Waals surface area contributed by atoms with Crippen LogP contribution in [0.4, 0.5) is 5.69 Å². The first-order valence-corrected chi connectivity index (χ1v) is 5.57. The molecule has 0 bridgehead atoms. The quantitative estimate of drug-likeness (QED) is 0.821. The summed E-state index contributed by atoms with van der Waals surface area (Å²) in [5.41, 5.74) is 6.09. The van der Waals surface area contributed by atoms with E-state index in [0.29, 0.717) is 17.0 Å². The maximum atomic E-state index is 11.6. The summed E-state index contributed by atoms with van der Waals surface area (Å²) in [5.74, 6) is -0.196. The largest absolute Gasteiger partial charge is 0.465 e. The van der Waals surface area contributed by atoms with E-state index >= 15 is 0 Å². The Bertz CT molecular complexity index is 598. The van der Waals surface area contributed by atoms with E-state index in [1.165, 1.54) is 12.3 Å². The van der Waals surface area contributed by atoms with Gasteiger partial charge >= 0.3 is 0 Å². The van der Waals surface area contributed by atoms with Crippen molar-refractivity contribution in [2.75, 3.05) is 5.32 Å². The van der Waals surface area contributed by atoms with Crippen molar-refractivity contribution in [1.29, 1.82) is 0 Å². The molecule has 0 aliphatic heterocycles. The van der Waals surface area contributed by atoms with E-state index < -0.39 is 5.91 Å². The molecule has 0 saturated carbocycles. The van der Waals surface area contributed by atoms with Crippen LogP contribution in [-0.4, -0.2) is 11.8 Å². The molecule has 0 aliphatic rings. The summed E-state index contributed by atoms with van der Waals surface area (Å²) in [6.45, 7) is 0. The van der Waals surface area contributed by atoms with Gasteiger partial charge in [-0.2, -0.15) is 0 Å². The lowest BCUT2D eigenvalue weighted by atomic mass is 10.2. The third-order valence-electron chi connectivity index (χ3n) is 2.38. The number of nitrogens with one attached hydrogen (secondary N) is 1. The normalized spacial score (nSPS) is 10.5. The number of nitrogens with two attached hydrogens (primary N) is 1. The van der Waals surface area contributed by atoms with E-state index in [1.807, 2.05) is 0 Å². The fourth-order valence-corrected chi connectivity index (χ4v) is 1.45. The number of amides is 2. The highest BCUT2D eigenvalue weighted by Crippen LogP contribution is 2.09. The lowest BCUT2D eigenvalue weighted by molar-refractivity contribution is -0.111. The smallest absolute Gasteiger partial charge is 0.248 e. The molecule has 2 rings (SSSR count). The van der Waals surface area contributed by atoms with Gasteiger partial charge in [0.15, 0.2) is 0 Å². The van der Waals surface area contributed by atoms with Crippen molar-refractivity contribution >= 4 is 23.6 Å². The minimum atomic E-state index is -0.504. The summed E-state index contributed by atoms with van der Waals surface area (Å²) in [7, 11) is 0. The van der Waals surface area contributed by atoms with Crippen molar-refractivity contribution in [1.82, 2.24) is 0 Å². The van der Waals surface area contributed by atoms with Gasteiger partial charge in [-0.05, 0) is 42.5 Å². The Morgan fingerprint density at radius 3 is 2.47 bits per heavy atom. The zero-order valence-electron chi connectivity index (χ0n) is 10.00. The second-order valence-electron chi connectivity index (χ2n) is 3.78. The first-order chi connectivity index (χ1) is 9.15. The van der Waals surface area contributed by atoms with Crippen LogP contribution >= 0.6 is 0 Å². The summed E-state index contributed by atoms with van der Waals surface area (Å²) in [6, 6.07) is 9.80. The minimum absolute atomic E-state index is 0.289. The van der Waals surface area contributed by atoms with Gasteiger partial charge in [-0.25, -0.2) is 0 Å². The second-order valence-corrected chi connectivity index (χ2v) is 3.78. The topological polar surface area (TPSA) is 85.3 Å². The second kappa shape index (κ2) is 5.68. The fourth-order valence-electron chi connectivity index (χ4n) is 1.45. The van der Waals surface area contributed by atoms with Crippen LogP contribution in [0.5, 0.6) is 0 Å². The van der Waals surface area contributed by atoms with Crippen LogP contribution in [0, 0.1) is 0 Å². The number of primary amides is 1. The molecule has 0 saturated heterocycles. The van der Waals surface area contributed by atoms with Crippen molar-refractivity contribution in [3.05, 3.63) is 60.1 Å². The summed E-state index contributed by atoms with van der Waals surface area (Å²) in [4.78, 5) is 22.5. The molecular weight excluding hydrogens is 244 g/mol. The molecule has 3 N–H and O–H groups in total. The molecule has 0 unspecified atom stereocenters. The number of benzene rings is 1. The van der Waals surface area contributed by atoms with E-state index in [9.17, 15) is 9.59 Å². The maximum Gasteiger partial charge on any atom is 0.248 e. The third kappa shape index (κ3) is 3.57. The van der Waals surface area contributed by atoms with Gasteiger partial charge in [-0.15, -0.1) is 0 Å².